The lowest BCUT2D eigenvalue weighted by Gasteiger charge is -2.31. The molecule has 1 aliphatic heterocycles. The Kier molecular flexibility index (Phi) is 3.78. The number of carbonyl (C=O) groups is 1. The number of halogens is 1. The lowest BCUT2D eigenvalue weighted by molar-refractivity contribution is -0.138. The van der Waals surface area contributed by atoms with Crippen molar-refractivity contribution in [1.82, 2.24) is 0 Å². The summed E-state index contributed by atoms with van der Waals surface area (Å²) in [6.45, 7) is 2.42. The predicted octanol–water partition coefficient (Wildman–Crippen LogP) is 0.747. The summed E-state index contributed by atoms with van der Waals surface area (Å²) in [6, 6.07) is 2.84. The molecule has 1 aromatic rings. The summed E-state index contributed by atoms with van der Waals surface area (Å²) in [5.74, 6) is -1.66. The first-order valence-electron chi connectivity index (χ1n) is 5.70. The molecule has 2 rings (SSSR count). The van der Waals surface area contributed by atoms with E-state index in [9.17, 15) is 9.18 Å². The summed E-state index contributed by atoms with van der Waals surface area (Å²) in [5.41, 5.74) is 6.55. The topological polar surface area (TPSA) is 75.8 Å². The second-order valence-electron chi connectivity index (χ2n) is 4.12. The Bertz CT molecular complexity index is 447. The number of anilines is 1. The highest BCUT2D eigenvalue weighted by Crippen LogP contribution is 2.27. The predicted molar refractivity (Wildman–Crippen MR) is 64.0 cm³/mol. The van der Waals surface area contributed by atoms with Crippen LogP contribution >= 0.6 is 0 Å². The van der Waals surface area contributed by atoms with Gasteiger partial charge in [0, 0.05) is 24.3 Å². The van der Waals surface area contributed by atoms with Crippen molar-refractivity contribution in [2.24, 2.45) is 5.73 Å². The van der Waals surface area contributed by atoms with Crippen LogP contribution in [-0.2, 0) is 9.53 Å². The monoisotopic (exact) mass is 254 g/mol. The zero-order chi connectivity index (χ0) is 13.1. The van der Waals surface area contributed by atoms with E-state index in [0.717, 1.165) is 0 Å². The van der Waals surface area contributed by atoms with E-state index in [0.29, 0.717) is 37.6 Å². The minimum atomic E-state index is -1.22. The fourth-order valence-electron chi connectivity index (χ4n) is 2.00. The fourth-order valence-corrected chi connectivity index (χ4v) is 2.00. The van der Waals surface area contributed by atoms with Crippen LogP contribution in [0, 0.1) is 5.82 Å². The normalized spacial score (nSPS) is 17.6. The number of hydrogen-bond donors (Lipinski definition) is 2. The molecular formula is C12H15FN2O3. The first-order valence-corrected chi connectivity index (χ1v) is 5.70. The van der Waals surface area contributed by atoms with E-state index in [1.54, 1.807) is 6.07 Å². The average Bonchev–Trinajstić information content (AvgIpc) is 2.38. The van der Waals surface area contributed by atoms with Gasteiger partial charge in [0.05, 0.1) is 13.2 Å². The number of carboxylic acid groups (broad SMARTS) is 1. The summed E-state index contributed by atoms with van der Waals surface area (Å²) >= 11 is 0. The van der Waals surface area contributed by atoms with Crippen molar-refractivity contribution in [1.29, 1.82) is 0 Å². The van der Waals surface area contributed by atoms with Crippen molar-refractivity contribution >= 4 is 11.7 Å². The molecule has 0 radical (unpaired) electrons. The maximum absolute atomic E-state index is 13.2. The molecule has 0 bridgehead atoms. The minimum Gasteiger partial charge on any atom is -0.480 e. The molecule has 0 aromatic heterocycles. The van der Waals surface area contributed by atoms with E-state index in [1.807, 2.05) is 4.90 Å². The van der Waals surface area contributed by atoms with Gasteiger partial charge in [0.25, 0.3) is 0 Å². The zero-order valence-corrected chi connectivity index (χ0v) is 9.80. The quantitative estimate of drug-likeness (QED) is 0.832. The van der Waals surface area contributed by atoms with Gasteiger partial charge >= 0.3 is 5.97 Å². The van der Waals surface area contributed by atoms with Crippen molar-refractivity contribution in [3.63, 3.8) is 0 Å². The van der Waals surface area contributed by atoms with Crippen molar-refractivity contribution in [2.45, 2.75) is 6.04 Å². The zero-order valence-electron chi connectivity index (χ0n) is 9.80. The third kappa shape index (κ3) is 2.60. The standard InChI is InChI=1S/C12H15FN2O3/c13-8-1-2-10(15-3-5-18-6-4-15)9(7-8)11(14)12(16)17/h1-2,7,11H,3-6,14H2,(H,16,17). The smallest absolute Gasteiger partial charge is 0.325 e. The highest BCUT2D eigenvalue weighted by molar-refractivity contribution is 5.78. The van der Waals surface area contributed by atoms with E-state index >= 15 is 0 Å². The van der Waals surface area contributed by atoms with Gasteiger partial charge in [-0.3, -0.25) is 4.79 Å². The van der Waals surface area contributed by atoms with Crippen molar-refractivity contribution in [3.05, 3.63) is 29.6 Å². The largest absolute Gasteiger partial charge is 0.480 e. The average molecular weight is 254 g/mol. The number of nitrogens with zero attached hydrogens (tertiary/aromatic N) is 1. The molecule has 0 spiro atoms. The Hall–Kier alpha value is -1.66. The Morgan fingerprint density at radius 1 is 1.44 bits per heavy atom. The third-order valence-electron chi connectivity index (χ3n) is 2.94. The Morgan fingerprint density at radius 2 is 2.11 bits per heavy atom. The van der Waals surface area contributed by atoms with Crippen LogP contribution in [0.3, 0.4) is 0 Å². The van der Waals surface area contributed by atoms with Crippen LogP contribution in [0.1, 0.15) is 11.6 Å². The minimum absolute atomic E-state index is 0.296. The van der Waals surface area contributed by atoms with Crippen LogP contribution in [0.2, 0.25) is 0 Å². The van der Waals surface area contributed by atoms with Crippen molar-refractivity contribution in [2.75, 3.05) is 31.2 Å². The Balaban J connectivity index is 2.36. The van der Waals surface area contributed by atoms with Gasteiger partial charge in [-0.15, -0.1) is 0 Å². The number of morpholine rings is 1. The molecule has 6 heteroatoms. The number of nitrogens with two attached hydrogens (primary N) is 1. The first kappa shape index (κ1) is 12.8. The Morgan fingerprint density at radius 3 is 2.72 bits per heavy atom. The number of aliphatic carboxylic acids is 1. The molecule has 1 unspecified atom stereocenters. The number of benzene rings is 1. The maximum atomic E-state index is 13.2. The lowest BCUT2D eigenvalue weighted by atomic mass is 10.0. The molecule has 0 saturated carbocycles. The van der Waals surface area contributed by atoms with Gasteiger partial charge < -0.3 is 20.5 Å². The van der Waals surface area contributed by atoms with E-state index < -0.39 is 17.8 Å². The van der Waals surface area contributed by atoms with Gasteiger partial charge in [0.1, 0.15) is 11.9 Å². The summed E-state index contributed by atoms with van der Waals surface area (Å²) < 4.78 is 18.5. The number of hydrogen-bond acceptors (Lipinski definition) is 4. The molecule has 1 atom stereocenters. The maximum Gasteiger partial charge on any atom is 0.325 e. The molecule has 5 nitrogen and oxygen atoms in total. The van der Waals surface area contributed by atoms with Gasteiger partial charge in [-0.05, 0) is 18.2 Å². The van der Waals surface area contributed by atoms with Gasteiger partial charge in [-0.2, -0.15) is 0 Å². The van der Waals surface area contributed by atoms with Gasteiger partial charge in [0.15, 0.2) is 0 Å². The second-order valence-corrected chi connectivity index (χ2v) is 4.12. The molecule has 98 valence electrons. The first-order chi connectivity index (χ1) is 8.59. The Labute approximate surface area is 104 Å². The van der Waals surface area contributed by atoms with Gasteiger partial charge in [-0.25, -0.2) is 4.39 Å². The molecular weight excluding hydrogens is 239 g/mol. The molecule has 3 N–H and O–H groups in total. The van der Waals surface area contributed by atoms with Crippen LogP contribution in [-0.4, -0.2) is 37.4 Å². The molecule has 0 amide bonds. The van der Waals surface area contributed by atoms with E-state index in [1.165, 1.54) is 12.1 Å². The SMILES string of the molecule is NC(C(=O)O)c1cc(F)ccc1N1CCOCC1. The summed E-state index contributed by atoms with van der Waals surface area (Å²) in [6.07, 6.45) is 0. The van der Waals surface area contributed by atoms with E-state index in [-0.39, 0.29) is 0 Å². The van der Waals surface area contributed by atoms with Gasteiger partial charge in [0.2, 0.25) is 0 Å². The van der Waals surface area contributed by atoms with Crippen LogP contribution in [0.4, 0.5) is 10.1 Å². The number of carboxylic acids is 1. The van der Waals surface area contributed by atoms with Crippen molar-refractivity contribution < 1.29 is 19.0 Å². The number of rotatable bonds is 3. The lowest BCUT2D eigenvalue weighted by Crippen LogP contribution is -2.37. The molecule has 0 aliphatic carbocycles. The highest BCUT2D eigenvalue weighted by Gasteiger charge is 2.22. The van der Waals surface area contributed by atoms with Gasteiger partial charge in [-0.1, -0.05) is 0 Å². The van der Waals surface area contributed by atoms with Crippen molar-refractivity contribution in [3.8, 4) is 0 Å². The van der Waals surface area contributed by atoms with Crippen LogP contribution in [0.5, 0.6) is 0 Å². The summed E-state index contributed by atoms with van der Waals surface area (Å²) in [4.78, 5) is 12.9. The number of ether oxygens (including phenoxy) is 1. The molecule has 1 fully saturated rings. The molecule has 1 saturated heterocycles. The van der Waals surface area contributed by atoms with E-state index in [4.69, 9.17) is 15.6 Å². The summed E-state index contributed by atoms with van der Waals surface area (Å²) in [7, 11) is 0. The van der Waals surface area contributed by atoms with E-state index in [2.05, 4.69) is 0 Å². The summed E-state index contributed by atoms with van der Waals surface area (Å²) in [5, 5.41) is 8.96. The van der Waals surface area contributed by atoms with Crippen LogP contribution in [0.15, 0.2) is 18.2 Å². The molecule has 1 heterocycles. The molecule has 1 aromatic carbocycles. The second kappa shape index (κ2) is 5.32. The molecule has 18 heavy (non-hydrogen) atoms. The van der Waals surface area contributed by atoms with Crippen LogP contribution < -0.4 is 10.6 Å². The third-order valence-corrected chi connectivity index (χ3v) is 2.94. The fraction of sp³-hybridized carbons (Fsp3) is 0.417. The molecule has 1 aliphatic rings. The van der Waals surface area contributed by atoms with Crippen LogP contribution in [0.25, 0.3) is 0 Å². The highest BCUT2D eigenvalue weighted by atomic mass is 19.1.